The number of benzene rings is 1. The van der Waals surface area contributed by atoms with Gasteiger partial charge in [-0.2, -0.15) is 0 Å². The highest BCUT2D eigenvalue weighted by molar-refractivity contribution is 5.91. The summed E-state index contributed by atoms with van der Waals surface area (Å²) in [5.74, 6) is 2.59. The van der Waals surface area contributed by atoms with Crippen LogP contribution in [0.4, 0.5) is 5.69 Å². The van der Waals surface area contributed by atoms with Gasteiger partial charge >= 0.3 is 0 Å². The maximum Gasteiger partial charge on any atom is 0.224 e. The van der Waals surface area contributed by atoms with Gasteiger partial charge in [0.2, 0.25) is 5.91 Å². The molecular weight excluding hydrogens is 376 g/mol. The summed E-state index contributed by atoms with van der Waals surface area (Å²) in [5.41, 5.74) is 1.92. The lowest BCUT2D eigenvalue weighted by atomic mass is 9.84. The molecule has 2 saturated heterocycles. The van der Waals surface area contributed by atoms with Crippen LogP contribution in [0, 0.1) is 24.7 Å². The van der Waals surface area contributed by atoms with E-state index in [4.69, 9.17) is 9.47 Å². The Bertz CT molecular complexity index is 614. The lowest BCUT2D eigenvalue weighted by Gasteiger charge is -2.27. The molecule has 1 aromatic rings. The normalized spacial score (nSPS) is 19.5. The van der Waals surface area contributed by atoms with Gasteiger partial charge < -0.3 is 20.1 Å². The predicted molar refractivity (Wildman–Crippen MR) is 115 cm³/mol. The second-order valence-corrected chi connectivity index (χ2v) is 8.16. The van der Waals surface area contributed by atoms with E-state index in [2.05, 4.69) is 17.6 Å². The molecule has 0 bridgehead atoms. The molecule has 3 rings (SSSR count). The van der Waals surface area contributed by atoms with Crippen molar-refractivity contribution in [3.05, 3.63) is 23.8 Å². The lowest BCUT2D eigenvalue weighted by Crippen LogP contribution is -2.32. The van der Waals surface area contributed by atoms with Crippen LogP contribution in [0.1, 0.15) is 44.6 Å². The van der Waals surface area contributed by atoms with Crippen molar-refractivity contribution in [3.63, 3.8) is 0 Å². The topological polar surface area (TPSA) is 59.6 Å². The summed E-state index contributed by atoms with van der Waals surface area (Å²) in [6.45, 7) is 8.77. The Morgan fingerprint density at radius 3 is 2.68 bits per heavy atom. The molecule has 28 heavy (non-hydrogen) atoms. The monoisotopic (exact) mass is 410 g/mol. The van der Waals surface area contributed by atoms with Gasteiger partial charge in [-0.3, -0.25) is 4.79 Å². The number of nitrogens with one attached hydrogen (secondary N) is 2. The van der Waals surface area contributed by atoms with Crippen LogP contribution in [0.5, 0.6) is 5.75 Å². The molecule has 2 fully saturated rings. The molecule has 2 heterocycles. The highest BCUT2D eigenvalue weighted by atomic mass is 35.5. The first-order chi connectivity index (χ1) is 13.1. The van der Waals surface area contributed by atoms with E-state index in [1.54, 1.807) is 0 Å². The summed E-state index contributed by atoms with van der Waals surface area (Å²) in [6.07, 6.45) is 5.04. The van der Waals surface area contributed by atoms with Crippen molar-refractivity contribution in [1.29, 1.82) is 0 Å². The number of rotatable bonds is 7. The average molecular weight is 411 g/mol. The van der Waals surface area contributed by atoms with Crippen molar-refractivity contribution >= 4 is 24.0 Å². The zero-order valence-corrected chi connectivity index (χ0v) is 18.0. The minimum atomic E-state index is 0. The Morgan fingerprint density at radius 1 is 1.25 bits per heavy atom. The molecule has 1 aromatic carbocycles. The summed E-state index contributed by atoms with van der Waals surface area (Å²) < 4.78 is 11.5. The number of piperidine rings is 1. The van der Waals surface area contributed by atoms with E-state index in [0.717, 1.165) is 56.1 Å². The molecule has 0 radical (unpaired) electrons. The minimum Gasteiger partial charge on any atom is -0.493 e. The Labute approximate surface area is 175 Å². The zero-order valence-electron chi connectivity index (χ0n) is 17.2. The number of hydrogen-bond donors (Lipinski definition) is 2. The van der Waals surface area contributed by atoms with Crippen molar-refractivity contribution in [2.75, 3.05) is 38.2 Å². The zero-order chi connectivity index (χ0) is 19.1. The molecule has 2 N–H and O–H groups in total. The van der Waals surface area contributed by atoms with Crippen LogP contribution in [0.25, 0.3) is 0 Å². The van der Waals surface area contributed by atoms with E-state index in [0.29, 0.717) is 30.8 Å². The van der Waals surface area contributed by atoms with Gasteiger partial charge in [-0.25, -0.2) is 0 Å². The quantitative estimate of drug-likeness (QED) is 0.707. The SMILES string of the molecule is Cc1ccc(NC(=O)CC(C)C2CCNCC2)cc1OCC1CCOCC1.Cl. The molecule has 0 aromatic heterocycles. The van der Waals surface area contributed by atoms with Crippen LogP contribution in [-0.4, -0.2) is 38.8 Å². The molecule has 5 nitrogen and oxygen atoms in total. The second-order valence-electron chi connectivity index (χ2n) is 8.16. The molecule has 2 aliphatic heterocycles. The van der Waals surface area contributed by atoms with Gasteiger partial charge in [-0.1, -0.05) is 13.0 Å². The van der Waals surface area contributed by atoms with Gasteiger partial charge in [0.15, 0.2) is 0 Å². The molecule has 1 unspecified atom stereocenters. The fourth-order valence-electron chi connectivity index (χ4n) is 4.04. The molecule has 1 atom stereocenters. The molecule has 158 valence electrons. The predicted octanol–water partition coefficient (Wildman–Crippen LogP) is 4.19. The van der Waals surface area contributed by atoms with Gasteiger partial charge in [0.25, 0.3) is 0 Å². The van der Waals surface area contributed by atoms with Gasteiger partial charge in [0, 0.05) is 31.4 Å². The van der Waals surface area contributed by atoms with Crippen LogP contribution in [0.15, 0.2) is 18.2 Å². The standard InChI is InChI=1S/C22H34N2O3.ClH/c1-16-3-4-20(14-21(16)27-15-18-7-11-26-12-8-18)24-22(25)13-17(2)19-5-9-23-10-6-19;/h3-4,14,17-19,23H,5-13,15H2,1-2H3,(H,24,25);1H. The highest BCUT2D eigenvalue weighted by Gasteiger charge is 2.22. The van der Waals surface area contributed by atoms with Gasteiger partial charge in [-0.15, -0.1) is 12.4 Å². The lowest BCUT2D eigenvalue weighted by molar-refractivity contribution is -0.117. The summed E-state index contributed by atoms with van der Waals surface area (Å²) in [6, 6.07) is 5.94. The Kier molecular flexibility index (Phi) is 9.56. The second kappa shape index (κ2) is 11.6. The summed E-state index contributed by atoms with van der Waals surface area (Å²) in [7, 11) is 0. The molecule has 0 spiro atoms. The first-order valence-corrected chi connectivity index (χ1v) is 10.4. The van der Waals surface area contributed by atoms with E-state index in [-0.39, 0.29) is 18.3 Å². The fraction of sp³-hybridized carbons (Fsp3) is 0.682. The summed E-state index contributed by atoms with van der Waals surface area (Å²) in [4.78, 5) is 12.5. The number of amides is 1. The number of hydrogen-bond acceptors (Lipinski definition) is 4. The highest BCUT2D eigenvalue weighted by Crippen LogP contribution is 2.27. The number of aryl methyl sites for hydroxylation is 1. The van der Waals surface area contributed by atoms with Crippen LogP contribution in [-0.2, 0) is 9.53 Å². The van der Waals surface area contributed by atoms with E-state index in [9.17, 15) is 4.79 Å². The van der Waals surface area contributed by atoms with E-state index >= 15 is 0 Å². The number of anilines is 1. The van der Waals surface area contributed by atoms with Gasteiger partial charge in [0.05, 0.1) is 6.61 Å². The number of carbonyl (C=O) groups is 1. The first kappa shape index (κ1) is 23.0. The number of halogens is 1. The van der Waals surface area contributed by atoms with E-state index in [1.807, 2.05) is 25.1 Å². The smallest absolute Gasteiger partial charge is 0.224 e. The first-order valence-electron chi connectivity index (χ1n) is 10.4. The maximum absolute atomic E-state index is 12.5. The van der Waals surface area contributed by atoms with E-state index in [1.165, 1.54) is 12.8 Å². The van der Waals surface area contributed by atoms with Crippen LogP contribution < -0.4 is 15.4 Å². The third-order valence-corrected chi connectivity index (χ3v) is 5.98. The molecule has 6 heteroatoms. The van der Waals surface area contributed by atoms with Gasteiger partial charge in [-0.05, 0) is 75.1 Å². The van der Waals surface area contributed by atoms with Crippen molar-refractivity contribution < 1.29 is 14.3 Å². The molecular formula is C22H35ClN2O3. The molecule has 0 saturated carbocycles. The van der Waals surface area contributed by atoms with Crippen molar-refractivity contribution in [2.45, 2.75) is 46.0 Å². The fourth-order valence-corrected chi connectivity index (χ4v) is 4.04. The molecule has 0 aliphatic carbocycles. The largest absolute Gasteiger partial charge is 0.493 e. The molecule has 2 aliphatic rings. The Morgan fingerprint density at radius 2 is 1.96 bits per heavy atom. The van der Waals surface area contributed by atoms with Crippen LogP contribution in [0.2, 0.25) is 0 Å². The van der Waals surface area contributed by atoms with Crippen molar-refractivity contribution in [3.8, 4) is 5.75 Å². The van der Waals surface area contributed by atoms with E-state index < -0.39 is 0 Å². The number of ether oxygens (including phenoxy) is 2. The third kappa shape index (κ3) is 6.94. The maximum atomic E-state index is 12.5. The summed E-state index contributed by atoms with van der Waals surface area (Å²) in [5, 5.41) is 6.45. The number of carbonyl (C=O) groups excluding carboxylic acids is 1. The van der Waals surface area contributed by atoms with Crippen LogP contribution in [0.3, 0.4) is 0 Å². The average Bonchev–Trinajstić information content (AvgIpc) is 2.69. The Balaban J connectivity index is 0.00000280. The third-order valence-electron chi connectivity index (χ3n) is 5.98. The van der Waals surface area contributed by atoms with Crippen LogP contribution >= 0.6 is 12.4 Å². The van der Waals surface area contributed by atoms with Crippen molar-refractivity contribution in [1.82, 2.24) is 5.32 Å². The summed E-state index contributed by atoms with van der Waals surface area (Å²) >= 11 is 0. The minimum absolute atomic E-state index is 0. The van der Waals surface area contributed by atoms with Crippen molar-refractivity contribution in [2.24, 2.45) is 17.8 Å². The van der Waals surface area contributed by atoms with Gasteiger partial charge in [0.1, 0.15) is 5.75 Å². The Hall–Kier alpha value is -1.30. The molecule has 1 amide bonds.